The Labute approximate surface area is 89.0 Å². The Morgan fingerprint density at radius 1 is 1.33 bits per heavy atom. The lowest BCUT2D eigenvalue weighted by Crippen LogP contribution is -2.01. The van der Waals surface area contributed by atoms with E-state index in [1.165, 1.54) is 0 Å². The number of hydrogen-bond acceptors (Lipinski definition) is 2. The highest BCUT2D eigenvalue weighted by atomic mass is 16.1. The van der Waals surface area contributed by atoms with Crippen molar-refractivity contribution in [3.8, 4) is 0 Å². The zero-order valence-corrected chi connectivity index (χ0v) is 8.95. The van der Waals surface area contributed by atoms with E-state index in [0.29, 0.717) is 12.1 Å². The summed E-state index contributed by atoms with van der Waals surface area (Å²) in [6.07, 6.45) is 0.505. The molecule has 76 valence electrons. The van der Waals surface area contributed by atoms with Crippen molar-refractivity contribution in [2.45, 2.75) is 20.3 Å². The number of ketones is 1. The van der Waals surface area contributed by atoms with Crippen molar-refractivity contribution >= 4 is 16.7 Å². The second-order valence-corrected chi connectivity index (χ2v) is 3.62. The third-order valence-electron chi connectivity index (χ3n) is 2.53. The molecule has 0 aliphatic heterocycles. The van der Waals surface area contributed by atoms with Crippen LogP contribution in [0.1, 0.15) is 29.4 Å². The average Bonchev–Trinajstić information content (AvgIpc) is 2.28. The zero-order valence-electron chi connectivity index (χ0n) is 8.95. The quantitative estimate of drug-likeness (QED) is 0.695. The molecular formula is C13H13NO. The van der Waals surface area contributed by atoms with E-state index in [4.69, 9.17) is 0 Å². The summed E-state index contributed by atoms with van der Waals surface area (Å²) in [5.41, 5.74) is 2.58. The number of carbonyl (C=O) groups is 1. The summed E-state index contributed by atoms with van der Waals surface area (Å²) < 4.78 is 0. The van der Waals surface area contributed by atoms with E-state index in [-0.39, 0.29) is 5.78 Å². The molecule has 0 radical (unpaired) electrons. The minimum Gasteiger partial charge on any atom is -0.292 e. The SMILES string of the molecule is CCC(=O)c1cc(C)c2ccccc2n1. The van der Waals surface area contributed by atoms with E-state index in [9.17, 15) is 4.79 Å². The highest BCUT2D eigenvalue weighted by Gasteiger charge is 2.07. The van der Waals surface area contributed by atoms with Crippen LogP contribution >= 0.6 is 0 Å². The maximum Gasteiger partial charge on any atom is 0.180 e. The summed E-state index contributed by atoms with van der Waals surface area (Å²) in [6, 6.07) is 9.76. The number of Topliss-reactive ketones (excluding diaryl/α,β-unsaturated/α-hetero) is 1. The third kappa shape index (κ3) is 1.75. The van der Waals surface area contributed by atoms with Gasteiger partial charge in [0.2, 0.25) is 0 Å². The molecule has 1 aromatic heterocycles. The fourth-order valence-corrected chi connectivity index (χ4v) is 1.67. The van der Waals surface area contributed by atoms with Crippen LogP contribution in [-0.4, -0.2) is 10.8 Å². The predicted molar refractivity (Wildman–Crippen MR) is 61.1 cm³/mol. The van der Waals surface area contributed by atoms with Gasteiger partial charge in [-0.3, -0.25) is 4.79 Å². The molecule has 0 saturated carbocycles. The Kier molecular flexibility index (Phi) is 2.50. The first-order chi connectivity index (χ1) is 7.22. The number of hydrogen-bond donors (Lipinski definition) is 0. The number of nitrogens with zero attached hydrogens (tertiary/aromatic N) is 1. The number of aromatic nitrogens is 1. The second-order valence-electron chi connectivity index (χ2n) is 3.62. The largest absolute Gasteiger partial charge is 0.292 e. The number of para-hydroxylation sites is 1. The van der Waals surface area contributed by atoms with Crippen molar-refractivity contribution < 1.29 is 4.79 Å². The molecule has 0 fully saturated rings. The predicted octanol–water partition coefficient (Wildman–Crippen LogP) is 3.14. The van der Waals surface area contributed by atoms with Crippen LogP contribution < -0.4 is 0 Å². The van der Waals surface area contributed by atoms with Gasteiger partial charge < -0.3 is 0 Å². The van der Waals surface area contributed by atoms with E-state index in [2.05, 4.69) is 4.98 Å². The van der Waals surface area contributed by atoms with E-state index < -0.39 is 0 Å². The lowest BCUT2D eigenvalue weighted by atomic mass is 10.1. The fourth-order valence-electron chi connectivity index (χ4n) is 1.67. The molecule has 0 atom stereocenters. The number of benzene rings is 1. The molecule has 0 N–H and O–H groups in total. The summed E-state index contributed by atoms with van der Waals surface area (Å²) in [4.78, 5) is 15.9. The fraction of sp³-hybridized carbons (Fsp3) is 0.231. The molecule has 1 heterocycles. The number of aryl methyl sites for hydroxylation is 1. The molecule has 0 spiro atoms. The van der Waals surface area contributed by atoms with E-state index in [1.54, 1.807) is 0 Å². The number of fused-ring (bicyclic) bond motifs is 1. The van der Waals surface area contributed by atoms with Crippen LogP contribution in [0.15, 0.2) is 30.3 Å². The first kappa shape index (κ1) is 9.84. The Bertz CT molecular complexity index is 517. The van der Waals surface area contributed by atoms with Gasteiger partial charge in [0, 0.05) is 11.8 Å². The van der Waals surface area contributed by atoms with Crippen molar-refractivity contribution in [1.29, 1.82) is 0 Å². The molecular weight excluding hydrogens is 186 g/mol. The topological polar surface area (TPSA) is 30.0 Å². The molecule has 0 bridgehead atoms. The number of pyridine rings is 1. The van der Waals surface area contributed by atoms with Gasteiger partial charge in [-0.15, -0.1) is 0 Å². The summed E-state index contributed by atoms with van der Waals surface area (Å²) in [5.74, 6) is 0.101. The minimum absolute atomic E-state index is 0.101. The lowest BCUT2D eigenvalue weighted by Gasteiger charge is -2.04. The van der Waals surface area contributed by atoms with E-state index in [0.717, 1.165) is 16.5 Å². The first-order valence-electron chi connectivity index (χ1n) is 5.12. The molecule has 0 aliphatic rings. The summed E-state index contributed by atoms with van der Waals surface area (Å²) >= 11 is 0. The lowest BCUT2D eigenvalue weighted by molar-refractivity contribution is 0.0983. The van der Waals surface area contributed by atoms with Gasteiger partial charge in [-0.1, -0.05) is 25.1 Å². The molecule has 0 saturated heterocycles. The van der Waals surface area contributed by atoms with Crippen LogP contribution in [-0.2, 0) is 0 Å². The molecule has 15 heavy (non-hydrogen) atoms. The monoisotopic (exact) mass is 199 g/mol. The van der Waals surface area contributed by atoms with Gasteiger partial charge >= 0.3 is 0 Å². The molecule has 2 nitrogen and oxygen atoms in total. The molecule has 0 aliphatic carbocycles. The van der Waals surface area contributed by atoms with E-state index >= 15 is 0 Å². The van der Waals surface area contributed by atoms with Crippen LogP contribution in [0.4, 0.5) is 0 Å². The molecule has 0 amide bonds. The van der Waals surface area contributed by atoms with Gasteiger partial charge in [0.05, 0.1) is 5.52 Å². The highest BCUT2D eigenvalue weighted by molar-refractivity contribution is 5.97. The van der Waals surface area contributed by atoms with Gasteiger partial charge in [0.1, 0.15) is 5.69 Å². The Hall–Kier alpha value is -1.70. The van der Waals surface area contributed by atoms with Gasteiger partial charge in [-0.05, 0) is 24.6 Å². The zero-order chi connectivity index (χ0) is 10.8. The molecule has 1 aromatic carbocycles. The van der Waals surface area contributed by atoms with Gasteiger partial charge in [0.15, 0.2) is 5.78 Å². The van der Waals surface area contributed by atoms with Crippen LogP contribution in [0.25, 0.3) is 10.9 Å². The Morgan fingerprint density at radius 2 is 2.07 bits per heavy atom. The maximum absolute atomic E-state index is 11.5. The highest BCUT2D eigenvalue weighted by Crippen LogP contribution is 2.17. The summed E-state index contributed by atoms with van der Waals surface area (Å²) in [7, 11) is 0. The van der Waals surface area contributed by atoms with Crippen molar-refractivity contribution in [1.82, 2.24) is 4.98 Å². The number of carbonyl (C=O) groups excluding carboxylic acids is 1. The average molecular weight is 199 g/mol. The van der Waals surface area contributed by atoms with Crippen LogP contribution in [0.5, 0.6) is 0 Å². The van der Waals surface area contributed by atoms with Crippen molar-refractivity contribution in [2.24, 2.45) is 0 Å². The summed E-state index contributed by atoms with van der Waals surface area (Å²) in [6.45, 7) is 3.87. The third-order valence-corrected chi connectivity index (χ3v) is 2.53. The number of rotatable bonds is 2. The second kappa shape index (κ2) is 3.81. The molecule has 2 aromatic rings. The Morgan fingerprint density at radius 3 is 2.80 bits per heavy atom. The van der Waals surface area contributed by atoms with Crippen molar-refractivity contribution in [2.75, 3.05) is 0 Å². The van der Waals surface area contributed by atoms with Gasteiger partial charge in [0.25, 0.3) is 0 Å². The molecule has 0 unspecified atom stereocenters. The van der Waals surface area contributed by atoms with Crippen LogP contribution in [0, 0.1) is 6.92 Å². The normalized spacial score (nSPS) is 10.5. The van der Waals surface area contributed by atoms with Gasteiger partial charge in [-0.25, -0.2) is 4.98 Å². The standard InChI is InChI=1S/C13H13NO/c1-3-13(15)12-8-9(2)10-6-4-5-7-11(10)14-12/h4-8H,3H2,1-2H3. The van der Waals surface area contributed by atoms with E-state index in [1.807, 2.05) is 44.2 Å². The smallest absolute Gasteiger partial charge is 0.180 e. The molecule has 2 heteroatoms. The van der Waals surface area contributed by atoms with Crippen LogP contribution in [0.2, 0.25) is 0 Å². The van der Waals surface area contributed by atoms with Gasteiger partial charge in [-0.2, -0.15) is 0 Å². The minimum atomic E-state index is 0.101. The maximum atomic E-state index is 11.5. The van der Waals surface area contributed by atoms with Crippen LogP contribution in [0.3, 0.4) is 0 Å². The van der Waals surface area contributed by atoms with Crippen molar-refractivity contribution in [3.05, 3.63) is 41.6 Å². The molecule has 2 rings (SSSR count). The van der Waals surface area contributed by atoms with Crippen molar-refractivity contribution in [3.63, 3.8) is 0 Å². The first-order valence-corrected chi connectivity index (χ1v) is 5.12. The Balaban J connectivity index is 2.67. The summed E-state index contributed by atoms with van der Waals surface area (Å²) in [5, 5.41) is 1.12.